The average molecular weight is 778 g/mol. The maximum atomic E-state index is 16.3. The molecule has 2 aromatic heterocycles. The fourth-order valence-electron chi connectivity index (χ4n) is 6.85. The molecular weight excluding hydrogens is 741 g/mol. The summed E-state index contributed by atoms with van der Waals surface area (Å²) < 4.78 is 79.2. The van der Waals surface area contributed by atoms with E-state index in [0.29, 0.717) is 11.3 Å². The first-order valence-corrected chi connectivity index (χ1v) is 17.9. The summed E-state index contributed by atoms with van der Waals surface area (Å²) in [5.41, 5.74) is 5.50. The highest BCUT2D eigenvalue weighted by Gasteiger charge is 2.60. The van der Waals surface area contributed by atoms with Crippen molar-refractivity contribution in [3.05, 3.63) is 81.7 Å². The molecule has 0 spiro atoms. The van der Waals surface area contributed by atoms with Gasteiger partial charge in [-0.3, -0.25) is 14.5 Å². The third kappa shape index (κ3) is 7.27. The molecule has 2 N–H and O–H groups in total. The molecular formula is C36H37ClF5N7O3S. The van der Waals surface area contributed by atoms with Gasteiger partial charge in [0, 0.05) is 11.0 Å². The zero-order chi connectivity index (χ0) is 38.7. The number of carbonyl (C=O) groups is 2. The van der Waals surface area contributed by atoms with Crippen LogP contribution in [0.3, 0.4) is 0 Å². The monoisotopic (exact) mass is 777 g/mol. The number of esters is 1. The summed E-state index contributed by atoms with van der Waals surface area (Å²) in [6, 6.07) is 7.34. The number of halogens is 6. The van der Waals surface area contributed by atoms with Gasteiger partial charge in [-0.1, -0.05) is 50.6 Å². The summed E-state index contributed by atoms with van der Waals surface area (Å²) in [5.74, 6) is -6.60. The van der Waals surface area contributed by atoms with Crippen molar-refractivity contribution in [1.29, 1.82) is 0 Å². The standard InChI is InChI=1S/C36H37ClF5N7O3S/c1-19-28(53-18-45-19)21-6-8-22(24(38)12-21)36(16-33(2,3)4)31(51)48(32(43)47-36)26(15-52-27(50)14-35(10-11-35)34(5,41)42)20-7-9-23(37)25(13-20)49-30(29(39)40)44-17-46-49/h6-9,12-13,17-18,26,29H,10-11,14-16H2,1-5H3,(H2,43,47)/t26-,36-/m1/s1. The van der Waals surface area contributed by atoms with E-state index in [1.165, 1.54) is 41.7 Å². The van der Waals surface area contributed by atoms with Gasteiger partial charge in [0.15, 0.2) is 17.3 Å². The van der Waals surface area contributed by atoms with Crippen molar-refractivity contribution < 1.29 is 36.3 Å². The largest absolute Gasteiger partial charge is 0.463 e. The van der Waals surface area contributed by atoms with Crippen molar-refractivity contribution in [1.82, 2.24) is 24.6 Å². The number of nitrogens with zero attached hydrogens (tertiary/aromatic N) is 6. The molecule has 6 rings (SSSR count). The molecule has 10 nitrogen and oxygen atoms in total. The highest BCUT2D eigenvalue weighted by molar-refractivity contribution is 7.13. The summed E-state index contributed by atoms with van der Waals surface area (Å²) >= 11 is 7.78. The molecule has 17 heteroatoms. The number of ether oxygens (including phenoxy) is 1. The minimum atomic E-state index is -3.14. The molecule has 0 radical (unpaired) electrons. The minimum absolute atomic E-state index is 0.00489. The lowest BCUT2D eigenvalue weighted by atomic mass is 9.75. The van der Waals surface area contributed by atoms with E-state index in [1.54, 1.807) is 18.5 Å². The molecule has 4 aromatic rings. The lowest BCUT2D eigenvalue weighted by Gasteiger charge is -2.35. The van der Waals surface area contributed by atoms with Crippen molar-refractivity contribution in [2.45, 2.75) is 84.2 Å². The van der Waals surface area contributed by atoms with E-state index in [2.05, 4.69) is 20.1 Å². The predicted molar refractivity (Wildman–Crippen MR) is 188 cm³/mol. The lowest BCUT2D eigenvalue weighted by Crippen LogP contribution is -2.47. The highest BCUT2D eigenvalue weighted by Crippen LogP contribution is 2.59. The molecule has 1 fully saturated rings. The molecule has 1 amide bonds. The van der Waals surface area contributed by atoms with Gasteiger partial charge in [0.2, 0.25) is 0 Å². The number of rotatable bonds is 12. The first-order chi connectivity index (χ1) is 24.8. The maximum absolute atomic E-state index is 16.3. The van der Waals surface area contributed by atoms with Gasteiger partial charge in [-0.15, -0.1) is 11.3 Å². The topological polar surface area (TPSA) is 129 Å². The Bertz CT molecular complexity index is 2090. The summed E-state index contributed by atoms with van der Waals surface area (Å²) in [4.78, 5) is 42.4. The molecule has 0 bridgehead atoms. The molecule has 0 saturated heterocycles. The zero-order valence-electron chi connectivity index (χ0n) is 29.5. The Balaban J connectivity index is 1.43. The van der Waals surface area contributed by atoms with Gasteiger partial charge >= 0.3 is 5.97 Å². The molecule has 2 atom stereocenters. The summed E-state index contributed by atoms with van der Waals surface area (Å²) in [7, 11) is 0. The van der Waals surface area contributed by atoms with Crippen LogP contribution in [0.15, 0.2) is 53.2 Å². The predicted octanol–water partition coefficient (Wildman–Crippen LogP) is 8.33. The van der Waals surface area contributed by atoms with Gasteiger partial charge in [-0.25, -0.2) is 41.6 Å². The average Bonchev–Trinajstić information content (AvgIpc) is 3.37. The highest BCUT2D eigenvalue weighted by atomic mass is 35.5. The molecule has 1 aliphatic carbocycles. The number of thiazole rings is 1. The molecule has 2 aliphatic rings. The minimum Gasteiger partial charge on any atom is -0.463 e. The van der Waals surface area contributed by atoms with Crippen LogP contribution in [-0.4, -0.2) is 55.0 Å². The molecule has 3 heterocycles. The number of carbonyl (C=O) groups excluding carboxylic acids is 2. The van der Waals surface area contributed by atoms with Crippen LogP contribution in [0, 0.1) is 23.6 Å². The van der Waals surface area contributed by atoms with Crippen LogP contribution < -0.4 is 5.73 Å². The van der Waals surface area contributed by atoms with E-state index in [0.717, 1.165) is 27.7 Å². The second-order valence-electron chi connectivity index (χ2n) is 14.8. The second kappa shape index (κ2) is 13.8. The number of aromatic nitrogens is 4. The van der Waals surface area contributed by atoms with Gasteiger partial charge in [0.1, 0.15) is 18.8 Å². The Morgan fingerprint density at radius 2 is 1.83 bits per heavy atom. The Labute approximate surface area is 311 Å². The molecule has 1 saturated carbocycles. The van der Waals surface area contributed by atoms with Crippen LogP contribution in [0.5, 0.6) is 0 Å². The smallest absolute Gasteiger partial charge is 0.306 e. The van der Waals surface area contributed by atoms with Crippen molar-refractivity contribution in [3.63, 3.8) is 0 Å². The SMILES string of the molecule is Cc1ncsc1-c1ccc([C@@]2(CC(C)(C)C)N=C(N)N([C@H](COC(=O)CC3(C(C)(F)F)CC3)c3ccc(Cl)c(-n4ncnc4C(F)F)c3)C2=O)c(F)c1. The molecule has 282 valence electrons. The number of aryl methyl sites for hydroxylation is 1. The summed E-state index contributed by atoms with van der Waals surface area (Å²) in [5, 5.41) is 3.89. The van der Waals surface area contributed by atoms with Crippen molar-refractivity contribution >= 4 is 40.8 Å². The number of hydrogen-bond donors (Lipinski definition) is 1. The van der Waals surface area contributed by atoms with Crippen LogP contribution >= 0.6 is 22.9 Å². The third-order valence-electron chi connectivity index (χ3n) is 9.67. The van der Waals surface area contributed by atoms with Crippen LogP contribution in [0.25, 0.3) is 16.1 Å². The van der Waals surface area contributed by atoms with Crippen LogP contribution in [-0.2, 0) is 19.9 Å². The Morgan fingerprint density at radius 3 is 2.42 bits per heavy atom. The second-order valence-corrected chi connectivity index (χ2v) is 16.1. The van der Waals surface area contributed by atoms with E-state index in [4.69, 9.17) is 22.1 Å². The number of hydrogen-bond acceptors (Lipinski definition) is 9. The molecule has 2 aromatic carbocycles. The number of guanidine groups is 1. The van der Waals surface area contributed by atoms with Crippen molar-refractivity contribution in [2.75, 3.05) is 6.61 Å². The molecule has 53 heavy (non-hydrogen) atoms. The Morgan fingerprint density at radius 1 is 1.11 bits per heavy atom. The third-order valence-corrected chi connectivity index (χ3v) is 11.0. The normalized spacial score (nSPS) is 19.1. The van der Waals surface area contributed by atoms with Crippen molar-refractivity contribution in [2.24, 2.45) is 21.6 Å². The molecule has 0 unspecified atom stereocenters. The van der Waals surface area contributed by atoms with Crippen LogP contribution in [0.2, 0.25) is 5.02 Å². The Kier molecular flexibility index (Phi) is 9.94. The summed E-state index contributed by atoms with van der Waals surface area (Å²) in [6.07, 6.45) is -2.42. The quantitative estimate of drug-likeness (QED) is 0.113. The zero-order valence-corrected chi connectivity index (χ0v) is 31.0. The van der Waals surface area contributed by atoms with Gasteiger partial charge in [0.25, 0.3) is 18.3 Å². The molecule has 1 aliphatic heterocycles. The van der Waals surface area contributed by atoms with E-state index in [9.17, 15) is 27.2 Å². The van der Waals surface area contributed by atoms with Crippen LogP contribution in [0.4, 0.5) is 22.0 Å². The fourth-order valence-corrected chi connectivity index (χ4v) is 7.85. The number of amides is 1. The van der Waals surface area contributed by atoms with Gasteiger partial charge in [-0.2, -0.15) is 5.10 Å². The van der Waals surface area contributed by atoms with Gasteiger partial charge in [-0.05, 0) is 67.9 Å². The van der Waals surface area contributed by atoms with E-state index >= 15 is 4.39 Å². The first kappa shape index (κ1) is 38.3. The maximum Gasteiger partial charge on any atom is 0.306 e. The Hall–Kier alpha value is -4.44. The van der Waals surface area contributed by atoms with E-state index < -0.39 is 71.3 Å². The number of alkyl halides is 4. The van der Waals surface area contributed by atoms with Crippen molar-refractivity contribution in [3.8, 4) is 16.1 Å². The first-order valence-electron chi connectivity index (χ1n) is 16.7. The van der Waals surface area contributed by atoms with E-state index in [1.807, 2.05) is 20.8 Å². The number of nitrogens with two attached hydrogens (primary N) is 1. The summed E-state index contributed by atoms with van der Waals surface area (Å²) in [6.45, 7) is 7.50. The number of aliphatic imine (C=N–C) groups is 1. The van der Waals surface area contributed by atoms with Gasteiger partial charge in [0.05, 0.1) is 39.3 Å². The lowest BCUT2D eigenvalue weighted by molar-refractivity contribution is -0.153. The van der Waals surface area contributed by atoms with Gasteiger partial charge < -0.3 is 10.5 Å². The fraction of sp³-hybridized carbons (Fsp3) is 0.444. The number of benzene rings is 2. The van der Waals surface area contributed by atoms with Crippen LogP contribution in [0.1, 0.15) is 88.5 Å². The van der Waals surface area contributed by atoms with E-state index in [-0.39, 0.29) is 47.1 Å².